The fourth-order valence-corrected chi connectivity index (χ4v) is 1.88. The van der Waals surface area contributed by atoms with Gasteiger partial charge in [0.25, 0.3) is 0 Å². The summed E-state index contributed by atoms with van der Waals surface area (Å²) in [5, 5.41) is 8.73. The number of ether oxygens (including phenoxy) is 1. The van der Waals surface area contributed by atoms with E-state index in [9.17, 15) is 4.79 Å². The van der Waals surface area contributed by atoms with E-state index < -0.39 is 0 Å². The summed E-state index contributed by atoms with van der Waals surface area (Å²) >= 11 is 1.40. The first-order valence-corrected chi connectivity index (χ1v) is 5.36. The minimum atomic E-state index is -0.248. The van der Waals surface area contributed by atoms with Gasteiger partial charge in [0, 0.05) is 4.90 Å². The van der Waals surface area contributed by atoms with Crippen LogP contribution >= 0.6 is 11.8 Å². The minimum absolute atomic E-state index is 0.248. The lowest BCUT2D eigenvalue weighted by atomic mass is 10.1. The zero-order chi connectivity index (χ0) is 11.3. The molecule has 15 heavy (non-hydrogen) atoms. The van der Waals surface area contributed by atoms with E-state index in [2.05, 4.69) is 10.8 Å². The monoisotopic (exact) mass is 221 g/mol. The number of esters is 1. The number of carbonyl (C=O) groups is 1. The molecule has 0 N–H and O–H groups in total. The molecular formula is C11H11NO2S. The zero-order valence-corrected chi connectivity index (χ0v) is 9.43. The standard InChI is InChI=1S/C11H11NO2S/c1-8-5-10(4-3-9(8)6-12)15-7-11(13)14-2/h3-5H,7H2,1-2H3. The maximum Gasteiger partial charge on any atom is 0.315 e. The van der Waals surface area contributed by atoms with Gasteiger partial charge in [-0.25, -0.2) is 0 Å². The van der Waals surface area contributed by atoms with Crippen molar-refractivity contribution in [2.45, 2.75) is 11.8 Å². The Kier molecular flexibility index (Phi) is 4.19. The Morgan fingerprint density at radius 2 is 2.33 bits per heavy atom. The smallest absolute Gasteiger partial charge is 0.315 e. The number of benzene rings is 1. The molecule has 0 saturated carbocycles. The molecule has 0 unspecified atom stereocenters. The molecule has 1 aromatic carbocycles. The number of rotatable bonds is 3. The van der Waals surface area contributed by atoms with Crippen LogP contribution in [-0.2, 0) is 9.53 Å². The maximum absolute atomic E-state index is 10.9. The lowest BCUT2D eigenvalue weighted by Crippen LogP contribution is -2.02. The summed E-state index contributed by atoms with van der Waals surface area (Å²) < 4.78 is 4.53. The van der Waals surface area contributed by atoms with Crippen LogP contribution in [0.3, 0.4) is 0 Å². The number of methoxy groups -OCH3 is 1. The number of nitriles is 1. The molecule has 4 heteroatoms. The van der Waals surface area contributed by atoms with E-state index in [1.807, 2.05) is 19.1 Å². The van der Waals surface area contributed by atoms with Crippen molar-refractivity contribution < 1.29 is 9.53 Å². The SMILES string of the molecule is COC(=O)CSc1ccc(C#N)c(C)c1. The van der Waals surface area contributed by atoms with Crippen LogP contribution in [0.4, 0.5) is 0 Å². The molecule has 0 bridgehead atoms. The van der Waals surface area contributed by atoms with Gasteiger partial charge in [-0.1, -0.05) is 0 Å². The van der Waals surface area contributed by atoms with E-state index in [-0.39, 0.29) is 5.97 Å². The van der Waals surface area contributed by atoms with Crippen LogP contribution in [0.2, 0.25) is 0 Å². The Hall–Kier alpha value is -1.47. The van der Waals surface area contributed by atoms with Crippen LogP contribution in [0.1, 0.15) is 11.1 Å². The van der Waals surface area contributed by atoms with E-state index in [1.54, 1.807) is 6.07 Å². The molecule has 3 nitrogen and oxygen atoms in total. The van der Waals surface area contributed by atoms with Crippen molar-refractivity contribution in [3.05, 3.63) is 29.3 Å². The third kappa shape index (κ3) is 3.30. The van der Waals surface area contributed by atoms with Gasteiger partial charge in [-0.05, 0) is 30.7 Å². The second kappa shape index (κ2) is 5.42. The molecule has 0 aliphatic carbocycles. The van der Waals surface area contributed by atoms with E-state index in [4.69, 9.17) is 5.26 Å². The Morgan fingerprint density at radius 3 is 2.87 bits per heavy atom. The highest BCUT2D eigenvalue weighted by Gasteiger charge is 2.03. The van der Waals surface area contributed by atoms with Gasteiger partial charge in [-0.15, -0.1) is 11.8 Å². The molecule has 1 aromatic rings. The number of nitrogens with zero attached hydrogens (tertiary/aromatic N) is 1. The van der Waals surface area contributed by atoms with Gasteiger partial charge in [0.1, 0.15) is 0 Å². The third-order valence-corrected chi connectivity index (χ3v) is 2.87. The number of thioether (sulfide) groups is 1. The topological polar surface area (TPSA) is 50.1 Å². The van der Waals surface area contributed by atoms with Gasteiger partial charge < -0.3 is 4.74 Å². The van der Waals surface area contributed by atoms with Crippen LogP contribution in [-0.4, -0.2) is 18.8 Å². The van der Waals surface area contributed by atoms with Crippen LogP contribution in [0, 0.1) is 18.3 Å². The number of aryl methyl sites for hydroxylation is 1. The molecule has 0 heterocycles. The summed E-state index contributed by atoms with van der Waals surface area (Å²) in [5.74, 6) is 0.0454. The molecule has 0 aromatic heterocycles. The fraction of sp³-hybridized carbons (Fsp3) is 0.273. The molecule has 0 aliphatic rings. The molecule has 0 saturated heterocycles. The normalized spacial score (nSPS) is 9.40. The molecule has 0 aliphatic heterocycles. The Balaban J connectivity index is 2.68. The van der Waals surface area contributed by atoms with E-state index >= 15 is 0 Å². The summed E-state index contributed by atoms with van der Waals surface area (Å²) in [6.45, 7) is 1.88. The van der Waals surface area contributed by atoms with Crippen molar-refractivity contribution in [2.24, 2.45) is 0 Å². The fourth-order valence-electron chi connectivity index (χ4n) is 1.05. The second-order valence-corrected chi connectivity index (χ2v) is 4.00. The average molecular weight is 221 g/mol. The molecule has 1 rings (SSSR count). The zero-order valence-electron chi connectivity index (χ0n) is 8.61. The van der Waals surface area contributed by atoms with Crippen molar-refractivity contribution >= 4 is 17.7 Å². The van der Waals surface area contributed by atoms with Crippen LogP contribution in [0.25, 0.3) is 0 Å². The van der Waals surface area contributed by atoms with Gasteiger partial charge >= 0.3 is 5.97 Å². The van der Waals surface area contributed by atoms with Crippen LogP contribution in [0.15, 0.2) is 23.1 Å². The first-order chi connectivity index (χ1) is 7.17. The highest BCUT2D eigenvalue weighted by atomic mass is 32.2. The highest BCUT2D eigenvalue weighted by molar-refractivity contribution is 8.00. The lowest BCUT2D eigenvalue weighted by Gasteiger charge is -2.02. The van der Waals surface area contributed by atoms with Gasteiger partial charge in [-0.2, -0.15) is 5.26 Å². The van der Waals surface area contributed by atoms with Gasteiger partial charge in [0.05, 0.1) is 24.5 Å². The predicted molar refractivity (Wildman–Crippen MR) is 58.6 cm³/mol. The van der Waals surface area contributed by atoms with E-state index in [1.165, 1.54) is 18.9 Å². The van der Waals surface area contributed by atoms with Gasteiger partial charge in [0.15, 0.2) is 0 Å². The first-order valence-electron chi connectivity index (χ1n) is 4.37. The Morgan fingerprint density at radius 1 is 1.60 bits per heavy atom. The molecule has 0 amide bonds. The summed E-state index contributed by atoms with van der Waals surface area (Å²) in [4.78, 5) is 11.9. The second-order valence-electron chi connectivity index (χ2n) is 2.95. The Labute approximate surface area is 93.0 Å². The molecule has 78 valence electrons. The van der Waals surface area contributed by atoms with E-state index in [0.717, 1.165) is 10.5 Å². The van der Waals surface area contributed by atoms with Crippen LogP contribution in [0.5, 0.6) is 0 Å². The summed E-state index contributed by atoms with van der Waals surface area (Å²) in [6.07, 6.45) is 0. The molecule has 0 fully saturated rings. The van der Waals surface area contributed by atoms with Crippen molar-refractivity contribution in [1.29, 1.82) is 5.26 Å². The van der Waals surface area contributed by atoms with Crippen molar-refractivity contribution in [3.63, 3.8) is 0 Å². The summed E-state index contributed by atoms with van der Waals surface area (Å²) in [5.41, 5.74) is 1.59. The quantitative estimate of drug-likeness (QED) is 0.579. The molecule has 0 radical (unpaired) electrons. The van der Waals surface area contributed by atoms with Gasteiger partial charge in [0.2, 0.25) is 0 Å². The summed E-state index contributed by atoms with van der Waals surface area (Å²) in [7, 11) is 1.37. The predicted octanol–water partition coefficient (Wildman–Crippen LogP) is 2.13. The highest BCUT2D eigenvalue weighted by Crippen LogP contribution is 2.20. The average Bonchev–Trinajstić information content (AvgIpc) is 2.26. The lowest BCUT2D eigenvalue weighted by molar-refractivity contribution is -0.137. The Bertz CT molecular complexity index is 410. The maximum atomic E-state index is 10.9. The third-order valence-electron chi connectivity index (χ3n) is 1.90. The molecular weight excluding hydrogens is 210 g/mol. The van der Waals surface area contributed by atoms with Crippen molar-refractivity contribution in [3.8, 4) is 6.07 Å². The van der Waals surface area contributed by atoms with Crippen molar-refractivity contribution in [1.82, 2.24) is 0 Å². The van der Waals surface area contributed by atoms with Crippen molar-refractivity contribution in [2.75, 3.05) is 12.9 Å². The molecule has 0 spiro atoms. The first kappa shape index (κ1) is 11.6. The number of hydrogen-bond acceptors (Lipinski definition) is 4. The van der Waals surface area contributed by atoms with Gasteiger partial charge in [-0.3, -0.25) is 4.79 Å². The molecule has 0 atom stereocenters. The number of hydrogen-bond donors (Lipinski definition) is 0. The minimum Gasteiger partial charge on any atom is -0.468 e. The summed E-state index contributed by atoms with van der Waals surface area (Å²) in [6, 6.07) is 7.58. The van der Waals surface area contributed by atoms with Crippen LogP contribution < -0.4 is 0 Å². The largest absolute Gasteiger partial charge is 0.468 e. The number of carbonyl (C=O) groups excluding carboxylic acids is 1. The van der Waals surface area contributed by atoms with E-state index in [0.29, 0.717) is 11.3 Å².